The van der Waals surface area contributed by atoms with Crippen LogP contribution in [0.1, 0.15) is 32.3 Å². The van der Waals surface area contributed by atoms with Crippen LogP contribution in [0.15, 0.2) is 24.3 Å². The molecule has 0 spiro atoms. The van der Waals surface area contributed by atoms with E-state index in [1.54, 1.807) is 12.1 Å². The molecular weight excluding hydrogens is 403 g/mol. The fourth-order valence-corrected chi connectivity index (χ4v) is 2.53. The third-order valence-electron chi connectivity index (χ3n) is 3.21. The van der Waals surface area contributed by atoms with Crippen molar-refractivity contribution in [3.05, 3.63) is 29.8 Å². The summed E-state index contributed by atoms with van der Waals surface area (Å²) in [6.45, 7) is 5.73. The fraction of sp³-hybridized carbons (Fsp3) is 0.533. The maximum Gasteiger partial charge on any atom is 0.307 e. The van der Waals surface area contributed by atoms with E-state index in [2.05, 4.69) is 35.1 Å². The van der Waals surface area contributed by atoms with Gasteiger partial charge in [0.1, 0.15) is 5.75 Å². The normalized spacial score (nSPS) is 11.4. The van der Waals surface area contributed by atoms with E-state index < -0.39 is 5.97 Å². The quantitative estimate of drug-likeness (QED) is 0.340. The number of carboxylic acid groups (broad SMARTS) is 1. The lowest BCUT2D eigenvalue weighted by atomic mass is 9.86. The molecule has 0 amide bonds. The topological polar surface area (TPSA) is 55.8 Å². The molecule has 0 atom stereocenters. The van der Waals surface area contributed by atoms with Gasteiger partial charge in [-0.1, -0.05) is 26.0 Å². The molecule has 1 aromatic rings. The number of rotatable bonds is 10. The fourth-order valence-electron chi connectivity index (χ4n) is 1.84. The highest BCUT2D eigenvalue weighted by Gasteiger charge is 2.17. The monoisotopic (exact) mass is 424 g/mol. The third kappa shape index (κ3) is 8.53. The van der Waals surface area contributed by atoms with Crippen molar-refractivity contribution in [1.82, 2.24) is 0 Å². The second kappa shape index (κ2) is 9.53. The maximum atomic E-state index is 10.7. The first-order valence-electron chi connectivity index (χ1n) is 6.77. The first-order valence-corrected chi connectivity index (χ1v) is 10.1. The Balaban J connectivity index is 2.39. The second-order valence-electron chi connectivity index (χ2n) is 5.62. The summed E-state index contributed by atoms with van der Waals surface area (Å²) in [5.74, 6) is -0.106. The zero-order valence-electron chi connectivity index (χ0n) is 12.3. The van der Waals surface area contributed by atoms with Gasteiger partial charge in [-0.15, -0.1) is 0 Å². The molecule has 0 aromatic heterocycles. The van der Waals surface area contributed by atoms with Gasteiger partial charge in [0, 0.05) is 21.2 Å². The molecule has 1 rings (SSSR count). The average Bonchev–Trinajstić information content (AvgIpc) is 2.38. The molecule has 21 heavy (non-hydrogen) atoms. The van der Waals surface area contributed by atoms with Crippen molar-refractivity contribution in [2.75, 3.05) is 13.2 Å². The second-order valence-corrected chi connectivity index (χ2v) is 7.06. The molecular formula is C15H21IO4S. The van der Waals surface area contributed by atoms with Crippen molar-refractivity contribution in [1.29, 1.82) is 0 Å². The smallest absolute Gasteiger partial charge is 0.307 e. The molecule has 118 valence electrons. The lowest BCUT2D eigenvalue weighted by Crippen LogP contribution is -2.17. The summed E-state index contributed by atoms with van der Waals surface area (Å²) >= 11 is 2.11. The molecule has 0 saturated heterocycles. The van der Waals surface area contributed by atoms with E-state index in [0.717, 1.165) is 30.8 Å². The minimum absolute atomic E-state index is 0.0218. The number of ether oxygens (including phenoxy) is 1. The molecule has 0 bridgehead atoms. The van der Waals surface area contributed by atoms with Gasteiger partial charge in [0.15, 0.2) is 0 Å². The van der Waals surface area contributed by atoms with E-state index >= 15 is 0 Å². The predicted octanol–water partition coefficient (Wildman–Crippen LogP) is 4.51. The minimum atomic E-state index is -0.832. The largest absolute Gasteiger partial charge is 0.494 e. The van der Waals surface area contributed by atoms with Gasteiger partial charge in [-0.2, -0.15) is 0 Å². The summed E-state index contributed by atoms with van der Waals surface area (Å²) in [6, 6.07) is 7.26. The SMILES string of the molecule is CC(C)(CCOSI)CCOc1cccc(CC(=O)O)c1. The Morgan fingerprint density at radius 3 is 2.71 bits per heavy atom. The number of carboxylic acids is 1. The highest BCUT2D eigenvalue weighted by atomic mass is 127. The lowest BCUT2D eigenvalue weighted by molar-refractivity contribution is -0.136. The first-order chi connectivity index (χ1) is 9.93. The van der Waals surface area contributed by atoms with Gasteiger partial charge in [-0.25, -0.2) is 0 Å². The maximum absolute atomic E-state index is 10.7. The van der Waals surface area contributed by atoms with Gasteiger partial charge in [0.25, 0.3) is 0 Å². The molecule has 0 fully saturated rings. The zero-order valence-corrected chi connectivity index (χ0v) is 15.3. The summed E-state index contributed by atoms with van der Waals surface area (Å²) in [6.07, 6.45) is 1.92. The minimum Gasteiger partial charge on any atom is -0.494 e. The first kappa shape index (κ1) is 18.6. The van der Waals surface area contributed by atoms with E-state index in [4.69, 9.17) is 14.0 Å². The Morgan fingerprint density at radius 1 is 1.33 bits per heavy atom. The van der Waals surface area contributed by atoms with Crippen LogP contribution in [-0.2, 0) is 15.4 Å². The number of hydrogen-bond acceptors (Lipinski definition) is 4. The number of benzene rings is 1. The van der Waals surface area contributed by atoms with Crippen LogP contribution in [-0.4, -0.2) is 24.3 Å². The Bertz CT molecular complexity index is 451. The van der Waals surface area contributed by atoms with Crippen LogP contribution >= 0.6 is 30.4 Å². The van der Waals surface area contributed by atoms with E-state index in [1.165, 1.54) is 9.21 Å². The highest BCUT2D eigenvalue weighted by molar-refractivity contribution is 14.2. The van der Waals surface area contributed by atoms with Crippen LogP contribution in [0, 0.1) is 5.41 Å². The van der Waals surface area contributed by atoms with Crippen LogP contribution in [0.5, 0.6) is 5.75 Å². The van der Waals surface area contributed by atoms with E-state index in [-0.39, 0.29) is 11.8 Å². The molecule has 0 aliphatic heterocycles. The molecule has 0 radical (unpaired) electrons. The lowest BCUT2D eigenvalue weighted by Gasteiger charge is -2.24. The molecule has 0 aliphatic rings. The van der Waals surface area contributed by atoms with E-state index in [1.807, 2.05) is 12.1 Å². The van der Waals surface area contributed by atoms with Crippen molar-refractivity contribution in [3.63, 3.8) is 0 Å². The zero-order chi connectivity index (χ0) is 15.7. The average molecular weight is 424 g/mol. The summed E-state index contributed by atoms with van der Waals surface area (Å²) < 4.78 is 11.0. The van der Waals surface area contributed by atoms with Crippen LogP contribution < -0.4 is 4.74 Å². The van der Waals surface area contributed by atoms with Crippen molar-refractivity contribution in [2.45, 2.75) is 33.1 Å². The van der Waals surface area contributed by atoms with Crippen LogP contribution in [0.4, 0.5) is 0 Å². The summed E-state index contributed by atoms with van der Waals surface area (Å²) in [7, 11) is 1.36. The van der Waals surface area contributed by atoms with Crippen molar-refractivity contribution in [3.8, 4) is 5.75 Å². The summed E-state index contributed by atoms with van der Waals surface area (Å²) in [5, 5.41) is 8.79. The number of aliphatic carboxylic acids is 1. The molecule has 0 heterocycles. The highest BCUT2D eigenvalue weighted by Crippen LogP contribution is 2.27. The molecule has 0 aliphatic carbocycles. The molecule has 1 aromatic carbocycles. The number of carbonyl (C=O) groups is 1. The van der Waals surface area contributed by atoms with Crippen LogP contribution in [0.2, 0.25) is 0 Å². The standard InChI is InChI=1S/C15H21IO4S/c1-15(2,7-9-20-21-16)6-8-19-13-5-3-4-12(10-13)11-14(17)18/h3-5,10H,6-9,11H2,1-2H3,(H,17,18). The van der Waals surface area contributed by atoms with Gasteiger partial charge in [-0.3, -0.25) is 4.79 Å². The van der Waals surface area contributed by atoms with Gasteiger partial charge < -0.3 is 14.0 Å². The van der Waals surface area contributed by atoms with Crippen molar-refractivity contribution in [2.24, 2.45) is 5.41 Å². The predicted molar refractivity (Wildman–Crippen MR) is 93.9 cm³/mol. The summed E-state index contributed by atoms with van der Waals surface area (Å²) in [4.78, 5) is 10.7. The Hall–Kier alpha value is -0.470. The number of hydrogen-bond donors (Lipinski definition) is 1. The number of halogens is 1. The van der Waals surface area contributed by atoms with Gasteiger partial charge in [0.05, 0.1) is 28.8 Å². The Morgan fingerprint density at radius 2 is 2.05 bits per heavy atom. The molecule has 0 unspecified atom stereocenters. The Kier molecular flexibility index (Phi) is 8.43. The van der Waals surface area contributed by atoms with E-state index in [9.17, 15) is 4.79 Å². The molecule has 1 N–H and O–H groups in total. The van der Waals surface area contributed by atoms with Gasteiger partial charge in [0.2, 0.25) is 0 Å². The molecule has 4 nitrogen and oxygen atoms in total. The van der Waals surface area contributed by atoms with Crippen molar-refractivity contribution >= 4 is 36.4 Å². The molecule has 0 saturated carbocycles. The van der Waals surface area contributed by atoms with Crippen LogP contribution in [0.25, 0.3) is 0 Å². The molecule has 6 heteroatoms. The van der Waals surface area contributed by atoms with Crippen LogP contribution in [0.3, 0.4) is 0 Å². The third-order valence-corrected chi connectivity index (χ3v) is 4.23. The van der Waals surface area contributed by atoms with Crippen molar-refractivity contribution < 1.29 is 18.8 Å². The van der Waals surface area contributed by atoms with E-state index in [0.29, 0.717) is 6.61 Å². The van der Waals surface area contributed by atoms with Gasteiger partial charge in [-0.05, 0) is 36.0 Å². The summed E-state index contributed by atoms with van der Waals surface area (Å²) in [5.41, 5.74) is 0.914. The Labute approximate surface area is 142 Å². The van der Waals surface area contributed by atoms with Gasteiger partial charge >= 0.3 is 5.97 Å².